The molecule has 0 heterocycles. The molecule has 1 aromatic rings. The first-order chi connectivity index (χ1) is 8.68. The van der Waals surface area contributed by atoms with Crippen molar-refractivity contribution in [2.75, 3.05) is 20.1 Å². The van der Waals surface area contributed by atoms with Gasteiger partial charge in [-0.05, 0) is 41.2 Å². The van der Waals surface area contributed by atoms with E-state index in [1.165, 1.54) is 0 Å². The molecular formula is C10H12BrF3N2O2S. The van der Waals surface area contributed by atoms with E-state index in [-0.39, 0.29) is 11.0 Å². The van der Waals surface area contributed by atoms with Crippen molar-refractivity contribution in [2.45, 2.75) is 11.1 Å². The van der Waals surface area contributed by atoms with Crippen molar-refractivity contribution in [3.05, 3.63) is 28.2 Å². The number of hydrogen-bond acceptors (Lipinski definition) is 3. The first-order valence-electron chi connectivity index (χ1n) is 5.19. The van der Waals surface area contributed by atoms with Crippen molar-refractivity contribution in [3.8, 4) is 0 Å². The van der Waals surface area contributed by atoms with Crippen molar-refractivity contribution in [1.82, 2.24) is 10.0 Å². The molecule has 0 radical (unpaired) electrons. The van der Waals surface area contributed by atoms with E-state index < -0.39 is 26.7 Å². The third-order valence-electron chi connectivity index (χ3n) is 2.22. The van der Waals surface area contributed by atoms with Gasteiger partial charge in [-0.3, -0.25) is 0 Å². The summed E-state index contributed by atoms with van der Waals surface area (Å²) in [4.78, 5) is -0.432. The van der Waals surface area contributed by atoms with Crippen molar-refractivity contribution in [3.63, 3.8) is 0 Å². The molecule has 0 bridgehead atoms. The first-order valence-corrected chi connectivity index (χ1v) is 7.47. The van der Waals surface area contributed by atoms with Gasteiger partial charge in [0, 0.05) is 17.6 Å². The normalized spacial score (nSPS) is 12.7. The van der Waals surface area contributed by atoms with Gasteiger partial charge in [0.1, 0.15) is 0 Å². The average molecular weight is 361 g/mol. The summed E-state index contributed by atoms with van der Waals surface area (Å²) in [6.07, 6.45) is -4.59. The minimum atomic E-state index is -4.59. The van der Waals surface area contributed by atoms with Crippen LogP contribution < -0.4 is 10.0 Å². The van der Waals surface area contributed by atoms with Crippen LogP contribution in [0.4, 0.5) is 13.2 Å². The van der Waals surface area contributed by atoms with Crippen LogP contribution in [0.1, 0.15) is 5.56 Å². The maximum atomic E-state index is 12.6. The SMILES string of the molecule is CNCCNS(=O)(=O)c1cc(C(F)(F)F)ccc1Br. The number of hydrogen-bond donors (Lipinski definition) is 2. The zero-order valence-corrected chi connectivity index (χ0v) is 12.3. The summed E-state index contributed by atoms with van der Waals surface area (Å²) in [5.41, 5.74) is -1.01. The van der Waals surface area contributed by atoms with E-state index >= 15 is 0 Å². The molecule has 0 aliphatic heterocycles. The summed E-state index contributed by atoms with van der Waals surface area (Å²) in [5, 5.41) is 2.72. The second kappa shape index (κ2) is 6.21. The van der Waals surface area contributed by atoms with Gasteiger partial charge in [0.2, 0.25) is 10.0 Å². The van der Waals surface area contributed by atoms with Crippen LogP contribution in [0.3, 0.4) is 0 Å². The summed E-state index contributed by atoms with van der Waals surface area (Å²) in [5.74, 6) is 0. The van der Waals surface area contributed by atoms with Crippen LogP contribution in [0.25, 0.3) is 0 Å². The number of benzene rings is 1. The van der Waals surface area contributed by atoms with Gasteiger partial charge in [0.25, 0.3) is 0 Å². The van der Waals surface area contributed by atoms with E-state index in [9.17, 15) is 21.6 Å². The van der Waals surface area contributed by atoms with E-state index in [4.69, 9.17) is 0 Å². The van der Waals surface area contributed by atoms with Crippen LogP contribution in [0.2, 0.25) is 0 Å². The lowest BCUT2D eigenvalue weighted by Gasteiger charge is -2.12. The van der Waals surface area contributed by atoms with Gasteiger partial charge in [0.15, 0.2) is 0 Å². The number of likely N-dealkylation sites (N-methyl/N-ethyl adjacent to an activating group) is 1. The maximum absolute atomic E-state index is 12.6. The van der Waals surface area contributed by atoms with Crippen molar-refractivity contribution in [2.24, 2.45) is 0 Å². The lowest BCUT2D eigenvalue weighted by atomic mass is 10.2. The van der Waals surface area contributed by atoms with E-state index in [1.807, 2.05) is 0 Å². The molecule has 108 valence electrons. The molecule has 0 atom stereocenters. The summed E-state index contributed by atoms with van der Waals surface area (Å²) in [6, 6.07) is 2.48. The Hall–Kier alpha value is -0.640. The molecule has 0 amide bonds. The minimum Gasteiger partial charge on any atom is -0.318 e. The molecule has 1 aromatic carbocycles. The third-order valence-corrected chi connectivity index (χ3v) is 4.67. The smallest absolute Gasteiger partial charge is 0.318 e. The Kier molecular flexibility index (Phi) is 5.36. The largest absolute Gasteiger partial charge is 0.416 e. The van der Waals surface area contributed by atoms with E-state index in [0.717, 1.165) is 12.1 Å². The zero-order valence-electron chi connectivity index (χ0n) is 9.88. The number of sulfonamides is 1. The molecule has 1 rings (SSSR count). The molecule has 0 aliphatic rings. The molecule has 4 nitrogen and oxygen atoms in total. The van der Waals surface area contributed by atoms with E-state index in [1.54, 1.807) is 7.05 Å². The standard InChI is InChI=1S/C10H12BrF3N2O2S/c1-15-4-5-16-19(17,18)9-6-7(10(12,13)14)2-3-8(9)11/h2-3,6,15-16H,4-5H2,1H3. The number of rotatable bonds is 5. The highest BCUT2D eigenvalue weighted by Crippen LogP contribution is 2.33. The summed E-state index contributed by atoms with van der Waals surface area (Å²) in [6.45, 7) is 0.456. The summed E-state index contributed by atoms with van der Waals surface area (Å²) >= 11 is 2.94. The molecule has 0 saturated carbocycles. The molecule has 2 N–H and O–H groups in total. The maximum Gasteiger partial charge on any atom is 0.416 e. The van der Waals surface area contributed by atoms with Crippen LogP contribution in [0.5, 0.6) is 0 Å². The molecule has 0 unspecified atom stereocenters. The lowest BCUT2D eigenvalue weighted by Crippen LogP contribution is -2.30. The topological polar surface area (TPSA) is 58.2 Å². The van der Waals surface area contributed by atoms with Gasteiger partial charge in [-0.25, -0.2) is 13.1 Å². The number of halogens is 4. The number of nitrogens with one attached hydrogen (secondary N) is 2. The van der Waals surface area contributed by atoms with Gasteiger partial charge < -0.3 is 5.32 Å². The Morgan fingerprint density at radius 3 is 2.42 bits per heavy atom. The Labute approximate surface area is 117 Å². The second-order valence-corrected chi connectivity index (χ2v) is 6.23. The van der Waals surface area contributed by atoms with Gasteiger partial charge in [-0.2, -0.15) is 13.2 Å². The average Bonchev–Trinajstić information content (AvgIpc) is 2.27. The molecule has 0 aliphatic carbocycles. The predicted molar refractivity (Wildman–Crippen MR) is 68.3 cm³/mol. The lowest BCUT2D eigenvalue weighted by molar-refractivity contribution is -0.137. The van der Waals surface area contributed by atoms with Crippen molar-refractivity contribution >= 4 is 26.0 Å². The number of alkyl halides is 3. The predicted octanol–water partition coefficient (Wildman–Crippen LogP) is 1.97. The first kappa shape index (κ1) is 16.4. The molecule has 0 saturated heterocycles. The molecular weight excluding hydrogens is 349 g/mol. The van der Waals surface area contributed by atoms with Gasteiger partial charge in [-0.1, -0.05) is 0 Å². The Bertz CT molecular complexity index is 546. The van der Waals surface area contributed by atoms with Crippen molar-refractivity contribution < 1.29 is 21.6 Å². The highest BCUT2D eigenvalue weighted by Gasteiger charge is 2.32. The fraction of sp³-hybridized carbons (Fsp3) is 0.400. The van der Waals surface area contributed by atoms with E-state index in [0.29, 0.717) is 12.6 Å². The molecule has 9 heteroatoms. The highest BCUT2D eigenvalue weighted by atomic mass is 79.9. The second-order valence-electron chi connectivity index (χ2n) is 3.64. The molecule has 0 spiro atoms. The van der Waals surface area contributed by atoms with Gasteiger partial charge in [-0.15, -0.1) is 0 Å². The van der Waals surface area contributed by atoms with Gasteiger partial charge >= 0.3 is 6.18 Å². The van der Waals surface area contributed by atoms with Gasteiger partial charge in [0.05, 0.1) is 10.5 Å². The minimum absolute atomic E-state index is 0.0810. The summed E-state index contributed by atoms with van der Waals surface area (Å²) in [7, 11) is -2.35. The molecule has 0 aromatic heterocycles. The monoisotopic (exact) mass is 360 g/mol. The van der Waals surface area contributed by atoms with Crippen molar-refractivity contribution in [1.29, 1.82) is 0 Å². The van der Waals surface area contributed by atoms with Crippen LogP contribution >= 0.6 is 15.9 Å². The van der Waals surface area contributed by atoms with Crippen LogP contribution in [-0.2, 0) is 16.2 Å². The Balaban J connectivity index is 3.12. The quantitative estimate of drug-likeness (QED) is 0.789. The third kappa shape index (κ3) is 4.44. The molecule has 0 fully saturated rings. The fourth-order valence-corrected chi connectivity index (χ4v) is 3.29. The Morgan fingerprint density at radius 1 is 1.26 bits per heavy atom. The van der Waals surface area contributed by atoms with Crippen LogP contribution in [0, 0.1) is 0 Å². The van der Waals surface area contributed by atoms with E-state index in [2.05, 4.69) is 26.0 Å². The summed E-state index contributed by atoms with van der Waals surface area (Å²) < 4.78 is 63.7. The molecule has 19 heavy (non-hydrogen) atoms. The zero-order chi connectivity index (χ0) is 14.7. The fourth-order valence-electron chi connectivity index (χ4n) is 1.27. The Morgan fingerprint density at radius 2 is 1.89 bits per heavy atom. The van der Waals surface area contributed by atoms with Crippen LogP contribution in [0.15, 0.2) is 27.6 Å². The highest BCUT2D eigenvalue weighted by molar-refractivity contribution is 9.10. The van der Waals surface area contributed by atoms with Crippen LogP contribution in [-0.4, -0.2) is 28.6 Å².